The molecule has 0 atom stereocenters. The van der Waals surface area contributed by atoms with Crippen LogP contribution in [0.1, 0.15) is 15.9 Å². The van der Waals surface area contributed by atoms with Gasteiger partial charge >= 0.3 is 0 Å². The summed E-state index contributed by atoms with van der Waals surface area (Å²) in [6.07, 6.45) is 2.53. The summed E-state index contributed by atoms with van der Waals surface area (Å²) in [5, 5.41) is 12.0. The van der Waals surface area contributed by atoms with Crippen molar-refractivity contribution in [1.82, 2.24) is 4.98 Å². The number of benzene rings is 1. The molecule has 0 fully saturated rings. The Balaban J connectivity index is 2.19. The summed E-state index contributed by atoms with van der Waals surface area (Å²) in [6, 6.07) is 5.47. The first-order chi connectivity index (χ1) is 10.1. The molecule has 0 saturated carbocycles. The van der Waals surface area contributed by atoms with E-state index >= 15 is 0 Å². The molecule has 0 aliphatic carbocycles. The maximum atomic E-state index is 13.8. The monoisotopic (exact) mass is 285 g/mol. The molecule has 106 valence electrons. The highest BCUT2D eigenvalue weighted by atomic mass is 19.1. The van der Waals surface area contributed by atoms with Gasteiger partial charge in [0.05, 0.1) is 23.9 Å². The predicted molar refractivity (Wildman–Crippen MR) is 76.2 cm³/mol. The zero-order valence-corrected chi connectivity index (χ0v) is 10.9. The fourth-order valence-electron chi connectivity index (χ4n) is 1.62. The first kappa shape index (κ1) is 14.5. The summed E-state index contributed by atoms with van der Waals surface area (Å²) in [4.78, 5) is 15.6. The van der Waals surface area contributed by atoms with Crippen LogP contribution in [0.2, 0.25) is 0 Å². The Kier molecular flexibility index (Phi) is 4.49. The zero-order chi connectivity index (χ0) is 15.2. The van der Waals surface area contributed by atoms with Crippen LogP contribution in [-0.2, 0) is 0 Å². The number of rotatable bonds is 2. The van der Waals surface area contributed by atoms with Gasteiger partial charge in [0.15, 0.2) is 0 Å². The SMILES string of the molecule is NCC#Cc1ccc(NC(=O)c2ccncc2O)cc1F. The Morgan fingerprint density at radius 1 is 1.43 bits per heavy atom. The van der Waals surface area contributed by atoms with E-state index in [2.05, 4.69) is 22.1 Å². The number of anilines is 1. The maximum absolute atomic E-state index is 13.8. The van der Waals surface area contributed by atoms with Gasteiger partial charge < -0.3 is 16.2 Å². The Labute approximate surface area is 120 Å². The Bertz CT molecular complexity index is 735. The molecule has 5 nitrogen and oxygen atoms in total. The minimum Gasteiger partial charge on any atom is -0.505 e. The number of nitrogens with two attached hydrogens (primary N) is 1. The van der Waals surface area contributed by atoms with Gasteiger partial charge in [0, 0.05) is 11.9 Å². The standard InChI is InChI=1S/C15H12FN3O2/c16-13-8-11(4-3-10(13)2-1-6-17)19-15(21)12-5-7-18-9-14(12)20/h3-5,7-9,20H,6,17H2,(H,19,21). The molecule has 6 heteroatoms. The smallest absolute Gasteiger partial charge is 0.259 e. The van der Waals surface area contributed by atoms with Crippen molar-refractivity contribution in [2.24, 2.45) is 5.73 Å². The molecular formula is C15H12FN3O2. The quantitative estimate of drug-likeness (QED) is 0.729. The topological polar surface area (TPSA) is 88.2 Å². The number of nitrogens with zero attached hydrogens (tertiary/aromatic N) is 1. The number of aromatic nitrogens is 1. The average Bonchev–Trinajstić information content (AvgIpc) is 2.47. The van der Waals surface area contributed by atoms with Crippen LogP contribution >= 0.6 is 0 Å². The molecule has 1 aromatic heterocycles. The number of hydrogen-bond acceptors (Lipinski definition) is 4. The van der Waals surface area contributed by atoms with Gasteiger partial charge in [-0.25, -0.2) is 4.39 Å². The first-order valence-electron chi connectivity index (χ1n) is 6.04. The second-order valence-corrected chi connectivity index (χ2v) is 4.05. The van der Waals surface area contributed by atoms with Crippen molar-refractivity contribution in [3.63, 3.8) is 0 Å². The number of carbonyl (C=O) groups is 1. The van der Waals surface area contributed by atoms with Gasteiger partial charge in [-0.05, 0) is 24.3 Å². The Morgan fingerprint density at radius 2 is 2.24 bits per heavy atom. The number of pyridine rings is 1. The van der Waals surface area contributed by atoms with E-state index in [0.29, 0.717) is 0 Å². The lowest BCUT2D eigenvalue weighted by atomic mass is 10.1. The van der Waals surface area contributed by atoms with Gasteiger partial charge in [-0.1, -0.05) is 11.8 Å². The van der Waals surface area contributed by atoms with Crippen LogP contribution in [0.4, 0.5) is 10.1 Å². The van der Waals surface area contributed by atoms with Crippen molar-refractivity contribution < 1.29 is 14.3 Å². The second kappa shape index (κ2) is 6.50. The number of hydrogen-bond donors (Lipinski definition) is 3. The third kappa shape index (κ3) is 3.55. The summed E-state index contributed by atoms with van der Waals surface area (Å²) < 4.78 is 13.8. The molecule has 0 bridgehead atoms. The Morgan fingerprint density at radius 3 is 2.90 bits per heavy atom. The summed E-state index contributed by atoms with van der Waals surface area (Å²) >= 11 is 0. The highest BCUT2D eigenvalue weighted by molar-refractivity contribution is 6.05. The van der Waals surface area contributed by atoms with E-state index in [-0.39, 0.29) is 29.1 Å². The highest BCUT2D eigenvalue weighted by Gasteiger charge is 2.11. The third-order valence-corrected chi connectivity index (χ3v) is 2.60. The number of halogens is 1. The molecule has 0 radical (unpaired) electrons. The second-order valence-electron chi connectivity index (χ2n) is 4.05. The van der Waals surface area contributed by atoms with Crippen molar-refractivity contribution in [2.45, 2.75) is 0 Å². The maximum Gasteiger partial charge on any atom is 0.259 e. The van der Waals surface area contributed by atoms with E-state index in [1.54, 1.807) is 0 Å². The lowest BCUT2D eigenvalue weighted by Crippen LogP contribution is -2.12. The summed E-state index contributed by atoms with van der Waals surface area (Å²) in [7, 11) is 0. The van der Waals surface area contributed by atoms with Crippen LogP contribution in [0, 0.1) is 17.7 Å². The van der Waals surface area contributed by atoms with Crippen LogP contribution in [0.3, 0.4) is 0 Å². The number of amides is 1. The summed E-state index contributed by atoms with van der Waals surface area (Å²) in [5.74, 6) is 3.76. The fraction of sp³-hybridized carbons (Fsp3) is 0.0667. The van der Waals surface area contributed by atoms with E-state index in [9.17, 15) is 14.3 Å². The van der Waals surface area contributed by atoms with Crippen molar-refractivity contribution in [2.75, 3.05) is 11.9 Å². The molecule has 0 saturated heterocycles. The molecule has 0 aliphatic rings. The minimum atomic E-state index is -0.562. The summed E-state index contributed by atoms with van der Waals surface area (Å²) in [5.41, 5.74) is 5.73. The van der Waals surface area contributed by atoms with Crippen LogP contribution in [0.5, 0.6) is 5.75 Å². The molecule has 1 heterocycles. The zero-order valence-electron chi connectivity index (χ0n) is 10.9. The molecule has 4 N–H and O–H groups in total. The highest BCUT2D eigenvalue weighted by Crippen LogP contribution is 2.18. The molecule has 0 aliphatic heterocycles. The molecule has 2 rings (SSSR count). The van der Waals surface area contributed by atoms with Crippen LogP contribution in [0.25, 0.3) is 0 Å². The molecule has 0 unspecified atom stereocenters. The third-order valence-electron chi connectivity index (χ3n) is 2.60. The van der Waals surface area contributed by atoms with E-state index < -0.39 is 11.7 Å². The largest absolute Gasteiger partial charge is 0.505 e. The predicted octanol–water partition coefficient (Wildman–Crippen LogP) is 1.49. The van der Waals surface area contributed by atoms with Crippen LogP contribution in [0.15, 0.2) is 36.7 Å². The lowest BCUT2D eigenvalue weighted by Gasteiger charge is -2.07. The molecule has 1 aromatic carbocycles. The Hall–Kier alpha value is -2.91. The van der Waals surface area contributed by atoms with Crippen molar-refractivity contribution in [3.8, 4) is 17.6 Å². The molecule has 2 aromatic rings. The molecule has 21 heavy (non-hydrogen) atoms. The average molecular weight is 285 g/mol. The van der Waals surface area contributed by atoms with E-state index in [1.165, 1.54) is 24.4 Å². The van der Waals surface area contributed by atoms with Gasteiger partial charge in [0.1, 0.15) is 11.6 Å². The van der Waals surface area contributed by atoms with E-state index in [1.807, 2.05) is 0 Å². The summed E-state index contributed by atoms with van der Waals surface area (Å²) in [6.45, 7) is 0.138. The van der Waals surface area contributed by atoms with E-state index in [0.717, 1.165) is 12.3 Å². The molecule has 1 amide bonds. The van der Waals surface area contributed by atoms with Crippen molar-refractivity contribution in [1.29, 1.82) is 0 Å². The van der Waals surface area contributed by atoms with Crippen LogP contribution in [-0.4, -0.2) is 22.5 Å². The van der Waals surface area contributed by atoms with Crippen molar-refractivity contribution in [3.05, 3.63) is 53.6 Å². The number of carbonyl (C=O) groups excluding carboxylic acids is 1. The molecular weight excluding hydrogens is 273 g/mol. The van der Waals surface area contributed by atoms with Gasteiger partial charge in [0.25, 0.3) is 5.91 Å². The van der Waals surface area contributed by atoms with E-state index in [4.69, 9.17) is 5.73 Å². The van der Waals surface area contributed by atoms with Gasteiger partial charge in [-0.15, -0.1) is 0 Å². The fourth-order valence-corrected chi connectivity index (χ4v) is 1.62. The lowest BCUT2D eigenvalue weighted by molar-refractivity contribution is 0.102. The molecule has 0 spiro atoms. The number of nitrogens with one attached hydrogen (secondary N) is 1. The van der Waals surface area contributed by atoms with Crippen LogP contribution < -0.4 is 11.1 Å². The first-order valence-corrected chi connectivity index (χ1v) is 6.04. The normalized spacial score (nSPS) is 9.62. The van der Waals surface area contributed by atoms with Gasteiger partial charge in [-0.3, -0.25) is 9.78 Å². The van der Waals surface area contributed by atoms with Crippen molar-refractivity contribution >= 4 is 11.6 Å². The van der Waals surface area contributed by atoms with Gasteiger partial charge in [-0.2, -0.15) is 0 Å². The minimum absolute atomic E-state index is 0.0532. The van der Waals surface area contributed by atoms with Gasteiger partial charge in [0.2, 0.25) is 0 Å². The number of aromatic hydroxyl groups is 1.